The number of aliphatic imine (C=N–C) groups is 1. The minimum absolute atomic E-state index is 0. The fourth-order valence-electron chi connectivity index (χ4n) is 3.50. The lowest BCUT2D eigenvalue weighted by Crippen LogP contribution is -2.41. The minimum Gasteiger partial charge on any atom is -0.475 e. The molecule has 0 bridgehead atoms. The number of pyridine rings is 1. The fraction of sp³-hybridized carbons (Fsp3) is 0.684. The molecule has 0 aliphatic carbocycles. The highest BCUT2D eigenvalue weighted by Crippen LogP contribution is 2.38. The smallest absolute Gasteiger partial charge is 0.213 e. The molecule has 8 heteroatoms. The number of aromatic nitrogens is 1. The maximum atomic E-state index is 5.63. The maximum Gasteiger partial charge on any atom is 0.213 e. The number of halogens is 1. The molecular formula is C19H31IN4O3. The quantitative estimate of drug-likeness (QED) is 0.274. The normalized spacial score (nSPS) is 22.1. The van der Waals surface area contributed by atoms with Crippen molar-refractivity contribution >= 4 is 29.9 Å². The highest BCUT2D eigenvalue weighted by molar-refractivity contribution is 14.0. The molecule has 152 valence electrons. The minimum atomic E-state index is 0. The number of nitrogens with zero attached hydrogens (tertiary/aromatic N) is 3. The molecule has 27 heavy (non-hydrogen) atoms. The zero-order valence-electron chi connectivity index (χ0n) is 16.3. The van der Waals surface area contributed by atoms with Crippen molar-refractivity contribution < 1.29 is 14.2 Å². The summed E-state index contributed by atoms with van der Waals surface area (Å²) in [6.07, 6.45) is 4.18. The van der Waals surface area contributed by atoms with Gasteiger partial charge in [-0.05, 0) is 25.3 Å². The molecule has 2 aliphatic heterocycles. The second-order valence-corrected chi connectivity index (χ2v) is 6.99. The van der Waals surface area contributed by atoms with Crippen molar-refractivity contribution in [3.05, 3.63) is 23.9 Å². The molecule has 2 aliphatic rings. The molecule has 2 fully saturated rings. The zero-order valence-corrected chi connectivity index (χ0v) is 18.6. The Kier molecular flexibility index (Phi) is 9.04. The summed E-state index contributed by atoms with van der Waals surface area (Å²) in [7, 11) is 1.65. The van der Waals surface area contributed by atoms with Crippen LogP contribution in [0.3, 0.4) is 0 Å². The molecule has 1 N–H and O–H groups in total. The van der Waals surface area contributed by atoms with E-state index in [1.807, 2.05) is 18.3 Å². The summed E-state index contributed by atoms with van der Waals surface area (Å²) in [5, 5.41) is 3.42. The van der Waals surface area contributed by atoms with Crippen LogP contribution >= 0.6 is 24.0 Å². The summed E-state index contributed by atoms with van der Waals surface area (Å²) in [6.45, 7) is 8.49. The summed E-state index contributed by atoms with van der Waals surface area (Å²) in [5.74, 6) is 1.60. The third-order valence-corrected chi connectivity index (χ3v) is 5.00. The van der Waals surface area contributed by atoms with Crippen molar-refractivity contribution in [2.24, 2.45) is 10.4 Å². The predicted molar refractivity (Wildman–Crippen MR) is 116 cm³/mol. The van der Waals surface area contributed by atoms with Crippen molar-refractivity contribution in [2.75, 3.05) is 53.2 Å². The Hall–Kier alpha value is -1.13. The second-order valence-electron chi connectivity index (χ2n) is 6.99. The van der Waals surface area contributed by atoms with Gasteiger partial charge in [0.1, 0.15) is 6.61 Å². The summed E-state index contributed by atoms with van der Waals surface area (Å²) >= 11 is 0. The summed E-state index contributed by atoms with van der Waals surface area (Å²) < 4.78 is 16.1. The number of guanidine groups is 1. The van der Waals surface area contributed by atoms with Crippen molar-refractivity contribution in [3.63, 3.8) is 0 Å². The van der Waals surface area contributed by atoms with E-state index in [0.29, 0.717) is 31.1 Å². The molecule has 1 atom stereocenters. The van der Waals surface area contributed by atoms with Gasteiger partial charge in [0, 0.05) is 51.0 Å². The number of nitrogens with one attached hydrogen (secondary N) is 1. The van der Waals surface area contributed by atoms with Gasteiger partial charge in [-0.3, -0.25) is 0 Å². The van der Waals surface area contributed by atoms with Gasteiger partial charge in [0.2, 0.25) is 5.88 Å². The average molecular weight is 490 g/mol. The van der Waals surface area contributed by atoms with Gasteiger partial charge in [0.25, 0.3) is 0 Å². The Labute approximate surface area is 178 Å². The van der Waals surface area contributed by atoms with E-state index in [-0.39, 0.29) is 24.0 Å². The Balaban J connectivity index is 0.00000261. The maximum absolute atomic E-state index is 5.63. The van der Waals surface area contributed by atoms with Gasteiger partial charge in [-0.2, -0.15) is 0 Å². The topological polar surface area (TPSA) is 68.2 Å². The van der Waals surface area contributed by atoms with Crippen LogP contribution in [0.4, 0.5) is 0 Å². The first-order chi connectivity index (χ1) is 12.7. The highest BCUT2D eigenvalue weighted by Gasteiger charge is 2.42. The van der Waals surface area contributed by atoms with Gasteiger partial charge in [0.15, 0.2) is 5.96 Å². The van der Waals surface area contributed by atoms with Crippen molar-refractivity contribution in [1.82, 2.24) is 15.2 Å². The van der Waals surface area contributed by atoms with Gasteiger partial charge in [0.05, 0.1) is 19.8 Å². The SMILES string of the molecule is CCNC(=NCc1ccc(OCCOC)nc1)N1CCC2(CCOC2)C1.I. The van der Waals surface area contributed by atoms with Crippen LogP contribution in [0.15, 0.2) is 23.3 Å². The van der Waals surface area contributed by atoms with E-state index in [2.05, 4.69) is 22.1 Å². The Bertz CT molecular complexity index is 591. The molecule has 7 nitrogen and oxygen atoms in total. The number of rotatable bonds is 7. The third kappa shape index (κ3) is 6.18. The first-order valence-corrected chi connectivity index (χ1v) is 9.42. The molecule has 0 aromatic carbocycles. The van der Waals surface area contributed by atoms with Crippen LogP contribution in [0.2, 0.25) is 0 Å². The lowest BCUT2D eigenvalue weighted by Gasteiger charge is -2.25. The molecule has 0 radical (unpaired) electrons. The van der Waals surface area contributed by atoms with Gasteiger partial charge in [-0.15, -0.1) is 24.0 Å². The molecule has 1 aromatic rings. The highest BCUT2D eigenvalue weighted by atomic mass is 127. The van der Waals surface area contributed by atoms with Gasteiger partial charge in [-0.1, -0.05) is 6.07 Å². The molecule has 0 amide bonds. The van der Waals surface area contributed by atoms with Crippen molar-refractivity contribution in [1.29, 1.82) is 0 Å². The number of methoxy groups -OCH3 is 1. The summed E-state index contributed by atoms with van der Waals surface area (Å²) in [6, 6.07) is 3.90. The number of hydrogen-bond donors (Lipinski definition) is 1. The molecule has 2 saturated heterocycles. The molecule has 0 saturated carbocycles. The second kappa shape index (κ2) is 11.0. The van der Waals surface area contributed by atoms with Crippen LogP contribution in [0.25, 0.3) is 0 Å². The van der Waals surface area contributed by atoms with Crippen LogP contribution in [0, 0.1) is 5.41 Å². The number of hydrogen-bond acceptors (Lipinski definition) is 5. The average Bonchev–Trinajstić information content (AvgIpc) is 3.30. The van der Waals surface area contributed by atoms with E-state index >= 15 is 0 Å². The molecule has 3 heterocycles. The van der Waals surface area contributed by atoms with Crippen LogP contribution in [-0.4, -0.2) is 69.0 Å². The van der Waals surface area contributed by atoms with E-state index in [1.54, 1.807) is 7.11 Å². The van der Waals surface area contributed by atoms with E-state index in [9.17, 15) is 0 Å². The van der Waals surface area contributed by atoms with Gasteiger partial charge in [-0.25, -0.2) is 9.98 Å². The lowest BCUT2D eigenvalue weighted by atomic mass is 9.87. The Morgan fingerprint density at radius 3 is 2.93 bits per heavy atom. The van der Waals surface area contributed by atoms with Crippen LogP contribution in [0.5, 0.6) is 5.88 Å². The van der Waals surface area contributed by atoms with E-state index in [0.717, 1.165) is 50.8 Å². The van der Waals surface area contributed by atoms with Crippen molar-refractivity contribution in [3.8, 4) is 5.88 Å². The van der Waals surface area contributed by atoms with Gasteiger partial charge >= 0.3 is 0 Å². The summed E-state index contributed by atoms with van der Waals surface area (Å²) in [4.78, 5) is 11.5. The van der Waals surface area contributed by atoms with E-state index in [1.165, 1.54) is 6.42 Å². The molecular weight excluding hydrogens is 459 g/mol. The van der Waals surface area contributed by atoms with Crippen LogP contribution < -0.4 is 10.1 Å². The lowest BCUT2D eigenvalue weighted by molar-refractivity contribution is 0.143. The summed E-state index contributed by atoms with van der Waals surface area (Å²) in [5.41, 5.74) is 1.40. The van der Waals surface area contributed by atoms with E-state index in [4.69, 9.17) is 19.2 Å². The van der Waals surface area contributed by atoms with E-state index < -0.39 is 0 Å². The molecule has 1 spiro atoms. The molecule has 1 aromatic heterocycles. The zero-order chi connectivity index (χ0) is 18.2. The first kappa shape index (κ1) is 22.2. The standard InChI is InChI=1S/C19H30N4O3.HI/c1-3-20-18(23-8-6-19(14-23)7-9-25-15-19)22-13-16-4-5-17(21-12-16)26-11-10-24-2;/h4-5,12H,3,6-11,13-15H2,1-2H3,(H,20,22);1H. The Morgan fingerprint density at radius 1 is 1.37 bits per heavy atom. The molecule has 1 unspecified atom stereocenters. The third-order valence-electron chi connectivity index (χ3n) is 5.00. The predicted octanol–water partition coefficient (Wildman–Crippen LogP) is 2.30. The number of likely N-dealkylation sites (tertiary alicyclic amines) is 1. The largest absolute Gasteiger partial charge is 0.475 e. The van der Waals surface area contributed by atoms with Crippen molar-refractivity contribution in [2.45, 2.75) is 26.3 Å². The number of ether oxygens (including phenoxy) is 3. The van der Waals surface area contributed by atoms with Gasteiger partial charge < -0.3 is 24.4 Å². The Morgan fingerprint density at radius 2 is 2.26 bits per heavy atom. The van der Waals surface area contributed by atoms with Crippen LogP contribution in [-0.2, 0) is 16.0 Å². The fourth-order valence-corrected chi connectivity index (χ4v) is 3.50. The molecule has 3 rings (SSSR count). The van der Waals surface area contributed by atoms with Crippen LogP contribution in [0.1, 0.15) is 25.3 Å². The first-order valence-electron chi connectivity index (χ1n) is 9.42. The monoisotopic (exact) mass is 490 g/mol.